The predicted octanol–water partition coefficient (Wildman–Crippen LogP) is 3.72. The summed E-state index contributed by atoms with van der Waals surface area (Å²) in [7, 11) is 0. The Bertz CT molecular complexity index is 579. The van der Waals surface area contributed by atoms with Crippen molar-refractivity contribution < 1.29 is 9.90 Å². The molecule has 0 radical (unpaired) electrons. The molecule has 18 heavy (non-hydrogen) atoms. The van der Waals surface area contributed by atoms with Crippen LogP contribution in [-0.4, -0.2) is 11.0 Å². The second-order valence-electron chi connectivity index (χ2n) is 3.96. The highest BCUT2D eigenvalue weighted by Gasteiger charge is 2.09. The number of phenolic OH excluding ortho intramolecular Hbond substituents is 1. The summed E-state index contributed by atoms with van der Waals surface area (Å²) >= 11 is 3.36. The molecule has 0 unspecified atom stereocenters. The van der Waals surface area contributed by atoms with Crippen molar-refractivity contribution in [2.45, 2.75) is 6.92 Å². The number of benzene rings is 2. The van der Waals surface area contributed by atoms with Crippen LogP contribution in [0.4, 0.5) is 5.69 Å². The van der Waals surface area contributed by atoms with Crippen molar-refractivity contribution in [1.82, 2.24) is 0 Å². The van der Waals surface area contributed by atoms with Crippen molar-refractivity contribution in [2.24, 2.45) is 0 Å². The van der Waals surface area contributed by atoms with E-state index in [1.807, 2.05) is 19.1 Å². The minimum absolute atomic E-state index is 0.161. The van der Waals surface area contributed by atoms with Crippen molar-refractivity contribution >= 4 is 27.5 Å². The topological polar surface area (TPSA) is 49.3 Å². The zero-order valence-electron chi connectivity index (χ0n) is 9.77. The number of carbonyl (C=O) groups is 1. The lowest BCUT2D eigenvalue weighted by Crippen LogP contribution is -2.13. The molecule has 0 spiro atoms. The summed E-state index contributed by atoms with van der Waals surface area (Å²) in [6, 6.07) is 11.9. The fourth-order valence-electron chi connectivity index (χ4n) is 1.63. The van der Waals surface area contributed by atoms with Crippen molar-refractivity contribution in [2.75, 3.05) is 5.32 Å². The molecule has 0 saturated heterocycles. The molecule has 0 aromatic heterocycles. The number of anilines is 1. The molecule has 0 aliphatic carbocycles. The minimum Gasteiger partial charge on any atom is -0.508 e. The molecule has 0 heterocycles. The first-order valence-electron chi connectivity index (χ1n) is 5.43. The molecular weight excluding hydrogens is 294 g/mol. The number of nitrogens with one attached hydrogen (secondary N) is 1. The van der Waals surface area contributed by atoms with E-state index >= 15 is 0 Å². The number of aromatic hydroxyl groups is 1. The number of aryl methyl sites for hydroxylation is 1. The van der Waals surface area contributed by atoms with Gasteiger partial charge < -0.3 is 10.4 Å². The summed E-state index contributed by atoms with van der Waals surface area (Å²) in [6.07, 6.45) is 0. The fraction of sp³-hybridized carbons (Fsp3) is 0.0714. The smallest absolute Gasteiger partial charge is 0.255 e. The molecule has 3 nitrogen and oxygen atoms in total. The molecule has 92 valence electrons. The van der Waals surface area contributed by atoms with Gasteiger partial charge in [-0.2, -0.15) is 0 Å². The lowest BCUT2D eigenvalue weighted by atomic mass is 10.1. The van der Waals surface area contributed by atoms with Gasteiger partial charge in [0.1, 0.15) is 5.75 Å². The number of halogens is 1. The number of amides is 1. The number of hydrogen-bond acceptors (Lipinski definition) is 2. The molecule has 0 fully saturated rings. The average molecular weight is 306 g/mol. The summed E-state index contributed by atoms with van der Waals surface area (Å²) in [6.45, 7) is 1.89. The van der Waals surface area contributed by atoms with Gasteiger partial charge in [-0.05, 0) is 55.0 Å². The van der Waals surface area contributed by atoms with Gasteiger partial charge in [0.2, 0.25) is 0 Å². The van der Waals surface area contributed by atoms with Crippen molar-refractivity contribution in [3.63, 3.8) is 0 Å². The molecule has 0 saturated carbocycles. The molecule has 2 rings (SSSR count). The van der Waals surface area contributed by atoms with Crippen LogP contribution in [0, 0.1) is 6.92 Å². The van der Waals surface area contributed by atoms with Crippen LogP contribution < -0.4 is 5.32 Å². The van der Waals surface area contributed by atoms with Crippen LogP contribution in [0.2, 0.25) is 0 Å². The number of hydrogen-bond donors (Lipinski definition) is 2. The van der Waals surface area contributed by atoms with E-state index in [9.17, 15) is 4.79 Å². The quantitative estimate of drug-likeness (QED) is 0.831. The van der Waals surface area contributed by atoms with Crippen LogP contribution in [0.1, 0.15) is 15.9 Å². The van der Waals surface area contributed by atoms with Crippen molar-refractivity contribution in [3.05, 3.63) is 58.1 Å². The highest BCUT2D eigenvalue weighted by molar-refractivity contribution is 9.10. The molecule has 2 N–H and O–H groups in total. The third kappa shape index (κ3) is 2.90. The van der Waals surface area contributed by atoms with Gasteiger partial charge >= 0.3 is 0 Å². The molecule has 0 aliphatic heterocycles. The van der Waals surface area contributed by atoms with Crippen LogP contribution >= 0.6 is 15.9 Å². The van der Waals surface area contributed by atoms with Crippen molar-refractivity contribution in [1.29, 1.82) is 0 Å². The lowest BCUT2D eigenvalue weighted by Gasteiger charge is -2.08. The van der Waals surface area contributed by atoms with E-state index in [0.29, 0.717) is 11.3 Å². The van der Waals surface area contributed by atoms with Gasteiger partial charge in [-0.15, -0.1) is 0 Å². The Morgan fingerprint density at radius 1 is 1.17 bits per heavy atom. The molecule has 2 aromatic rings. The standard InChI is InChI=1S/C14H12BrNO2/c1-9-8-10(15)2-7-13(9)14(18)16-11-3-5-12(17)6-4-11/h2-8,17H,1H3,(H,16,18). The van der Waals surface area contributed by atoms with E-state index in [4.69, 9.17) is 5.11 Å². The van der Waals surface area contributed by atoms with Gasteiger partial charge in [-0.1, -0.05) is 15.9 Å². The number of rotatable bonds is 2. The van der Waals surface area contributed by atoms with Crippen LogP contribution in [0.3, 0.4) is 0 Å². The Balaban J connectivity index is 2.19. The maximum atomic E-state index is 12.0. The summed E-state index contributed by atoms with van der Waals surface area (Å²) in [5.74, 6) is 0.0125. The van der Waals surface area contributed by atoms with Crippen LogP contribution in [0.25, 0.3) is 0 Å². The molecule has 0 aliphatic rings. The zero-order valence-corrected chi connectivity index (χ0v) is 11.4. The normalized spacial score (nSPS) is 10.1. The highest BCUT2D eigenvalue weighted by Crippen LogP contribution is 2.18. The van der Waals surface area contributed by atoms with Gasteiger partial charge in [-0.25, -0.2) is 0 Å². The van der Waals surface area contributed by atoms with E-state index in [1.54, 1.807) is 18.2 Å². The van der Waals surface area contributed by atoms with Crippen LogP contribution in [-0.2, 0) is 0 Å². The third-order valence-corrected chi connectivity index (χ3v) is 3.05. The third-order valence-electron chi connectivity index (χ3n) is 2.56. The number of phenols is 1. The average Bonchev–Trinajstić information content (AvgIpc) is 2.32. The monoisotopic (exact) mass is 305 g/mol. The van der Waals surface area contributed by atoms with E-state index < -0.39 is 0 Å². The Kier molecular flexibility index (Phi) is 3.67. The first kappa shape index (κ1) is 12.6. The fourth-order valence-corrected chi connectivity index (χ4v) is 2.10. The zero-order chi connectivity index (χ0) is 13.1. The second kappa shape index (κ2) is 5.23. The van der Waals surface area contributed by atoms with E-state index in [-0.39, 0.29) is 11.7 Å². The lowest BCUT2D eigenvalue weighted by molar-refractivity contribution is 0.102. The molecule has 2 aromatic carbocycles. The molecule has 0 atom stereocenters. The van der Waals surface area contributed by atoms with Crippen LogP contribution in [0.15, 0.2) is 46.9 Å². The summed E-state index contributed by atoms with van der Waals surface area (Å²) in [5, 5.41) is 11.9. The Morgan fingerprint density at radius 2 is 1.83 bits per heavy atom. The van der Waals surface area contributed by atoms with Gasteiger partial charge in [0, 0.05) is 15.7 Å². The highest BCUT2D eigenvalue weighted by atomic mass is 79.9. The maximum Gasteiger partial charge on any atom is 0.255 e. The van der Waals surface area contributed by atoms with Gasteiger partial charge in [0.15, 0.2) is 0 Å². The van der Waals surface area contributed by atoms with E-state index in [2.05, 4.69) is 21.2 Å². The molecule has 4 heteroatoms. The molecule has 0 bridgehead atoms. The number of carbonyl (C=O) groups excluding carboxylic acids is 1. The predicted molar refractivity (Wildman–Crippen MR) is 74.9 cm³/mol. The Morgan fingerprint density at radius 3 is 2.44 bits per heavy atom. The largest absolute Gasteiger partial charge is 0.508 e. The Hall–Kier alpha value is -1.81. The van der Waals surface area contributed by atoms with Gasteiger partial charge in [0.25, 0.3) is 5.91 Å². The first-order valence-corrected chi connectivity index (χ1v) is 6.22. The van der Waals surface area contributed by atoms with Gasteiger partial charge in [0.05, 0.1) is 0 Å². The maximum absolute atomic E-state index is 12.0. The van der Waals surface area contributed by atoms with Crippen LogP contribution in [0.5, 0.6) is 5.75 Å². The van der Waals surface area contributed by atoms with Crippen molar-refractivity contribution in [3.8, 4) is 5.75 Å². The Labute approximate surface area is 114 Å². The van der Waals surface area contributed by atoms with E-state index in [1.165, 1.54) is 12.1 Å². The minimum atomic E-state index is -0.161. The summed E-state index contributed by atoms with van der Waals surface area (Å²) in [4.78, 5) is 12.0. The first-order chi connectivity index (χ1) is 8.56. The second-order valence-corrected chi connectivity index (χ2v) is 4.88. The van der Waals surface area contributed by atoms with E-state index in [0.717, 1.165) is 10.0 Å². The van der Waals surface area contributed by atoms with Gasteiger partial charge in [-0.3, -0.25) is 4.79 Å². The SMILES string of the molecule is Cc1cc(Br)ccc1C(=O)Nc1ccc(O)cc1. The summed E-state index contributed by atoms with van der Waals surface area (Å²) in [5.41, 5.74) is 2.19. The summed E-state index contributed by atoms with van der Waals surface area (Å²) < 4.78 is 0.946. The molecule has 1 amide bonds. The molecular formula is C14H12BrNO2.